The number of carbonyl (C=O) groups is 1. The van der Waals surface area contributed by atoms with E-state index in [-0.39, 0.29) is 5.92 Å². The molecule has 15 heavy (non-hydrogen) atoms. The van der Waals surface area contributed by atoms with Crippen LogP contribution >= 0.6 is 0 Å². The maximum Gasteiger partial charge on any atom is 0.225 e. The highest BCUT2D eigenvalue weighted by molar-refractivity contribution is 5.78. The fourth-order valence-corrected chi connectivity index (χ4v) is 2.39. The topological polar surface area (TPSA) is 20.3 Å². The molecule has 1 amide bonds. The van der Waals surface area contributed by atoms with Gasteiger partial charge in [-0.05, 0) is 24.7 Å². The number of hydrogen-bond donors (Lipinski definition) is 0. The fourth-order valence-electron chi connectivity index (χ4n) is 2.39. The van der Waals surface area contributed by atoms with E-state index in [9.17, 15) is 4.79 Å². The Morgan fingerprint density at radius 1 is 1.20 bits per heavy atom. The summed E-state index contributed by atoms with van der Waals surface area (Å²) in [5.74, 6) is 1.76. The van der Waals surface area contributed by atoms with Crippen molar-refractivity contribution in [2.75, 3.05) is 6.54 Å². The van der Waals surface area contributed by atoms with Crippen LogP contribution in [0.4, 0.5) is 0 Å². The second kappa shape index (κ2) is 5.00. The Bertz CT molecular complexity index is 223. The van der Waals surface area contributed by atoms with Crippen LogP contribution in [-0.4, -0.2) is 23.4 Å². The molecular formula is C13H25NO. The number of rotatable bonds is 3. The minimum atomic E-state index is 0.143. The van der Waals surface area contributed by atoms with Crippen molar-refractivity contribution in [3.05, 3.63) is 0 Å². The van der Waals surface area contributed by atoms with Gasteiger partial charge >= 0.3 is 0 Å². The average Bonchev–Trinajstić information content (AvgIpc) is 2.63. The number of likely N-dealkylation sites (tertiary alicyclic amines) is 1. The highest BCUT2D eigenvalue weighted by atomic mass is 16.2. The molecule has 0 bridgehead atoms. The zero-order valence-corrected chi connectivity index (χ0v) is 10.8. The normalized spacial score (nSPS) is 23.9. The zero-order chi connectivity index (χ0) is 11.6. The van der Waals surface area contributed by atoms with Gasteiger partial charge in [0.05, 0.1) is 0 Å². The van der Waals surface area contributed by atoms with Crippen LogP contribution in [0.25, 0.3) is 0 Å². The molecule has 2 nitrogen and oxygen atoms in total. The van der Waals surface area contributed by atoms with Crippen LogP contribution < -0.4 is 0 Å². The largest absolute Gasteiger partial charge is 0.339 e. The van der Waals surface area contributed by atoms with Crippen LogP contribution in [0, 0.1) is 17.8 Å². The number of nitrogens with zero attached hydrogens (tertiary/aromatic N) is 1. The Morgan fingerprint density at radius 3 is 2.27 bits per heavy atom. The molecule has 2 heteroatoms. The van der Waals surface area contributed by atoms with E-state index in [4.69, 9.17) is 0 Å². The Hall–Kier alpha value is -0.530. The van der Waals surface area contributed by atoms with E-state index in [0.29, 0.717) is 23.8 Å². The SMILES string of the molecule is CC(C)C(=O)N1CCCC1C(C)C(C)C. The minimum Gasteiger partial charge on any atom is -0.339 e. The number of amides is 1. The summed E-state index contributed by atoms with van der Waals surface area (Å²) in [6.07, 6.45) is 2.37. The number of hydrogen-bond acceptors (Lipinski definition) is 1. The van der Waals surface area contributed by atoms with E-state index >= 15 is 0 Å². The third-order valence-corrected chi connectivity index (χ3v) is 3.73. The van der Waals surface area contributed by atoms with Gasteiger partial charge in [0, 0.05) is 18.5 Å². The van der Waals surface area contributed by atoms with Gasteiger partial charge < -0.3 is 4.90 Å². The van der Waals surface area contributed by atoms with E-state index < -0.39 is 0 Å². The van der Waals surface area contributed by atoms with Crippen LogP contribution in [0.3, 0.4) is 0 Å². The highest BCUT2D eigenvalue weighted by Crippen LogP contribution is 2.29. The Labute approximate surface area is 94.0 Å². The van der Waals surface area contributed by atoms with E-state index in [0.717, 1.165) is 6.54 Å². The maximum atomic E-state index is 12.0. The van der Waals surface area contributed by atoms with Gasteiger partial charge in [-0.15, -0.1) is 0 Å². The van der Waals surface area contributed by atoms with Gasteiger partial charge in [-0.3, -0.25) is 4.79 Å². The van der Waals surface area contributed by atoms with Gasteiger partial charge in [-0.25, -0.2) is 0 Å². The predicted octanol–water partition coefficient (Wildman–Crippen LogP) is 2.93. The van der Waals surface area contributed by atoms with Crippen molar-refractivity contribution in [3.63, 3.8) is 0 Å². The minimum absolute atomic E-state index is 0.143. The van der Waals surface area contributed by atoms with Crippen molar-refractivity contribution in [2.45, 2.75) is 53.5 Å². The molecule has 0 aromatic carbocycles. The summed E-state index contributed by atoms with van der Waals surface area (Å²) in [6.45, 7) is 11.7. The van der Waals surface area contributed by atoms with Gasteiger partial charge in [0.2, 0.25) is 5.91 Å². The third-order valence-electron chi connectivity index (χ3n) is 3.73. The molecule has 0 saturated carbocycles. The van der Waals surface area contributed by atoms with Crippen LogP contribution in [0.5, 0.6) is 0 Å². The first-order valence-corrected chi connectivity index (χ1v) is 6.25. The molecule has 88 valence electrons. The molecular weight excluding hydrogens is 186 g/mol. The summed E-state index contributed by atoms with van der Waals surface area (Å²) in [6, 6.07) is 0.486. The van der Waals surface area contributed by atoms with Gasteiger partial charge in [0.25, 0.3) is 0 Å². The molecule has 0 spiro atoms. The zero-order valence-electron chi connectivity index (χ0n) is 10.8. The van der Waals surface area contributed by atoms with Crippen molar-refractivity contribution in [3.8, 4) is 0 Å². The van der Waals surface area contributed by atoms with Crippen LogP contribution in [0.1, 0.15) is 47.5 Å². The first-order chi connectivity index (χ1) is 6.95. The molecule has 0 aromatic rings. The predicted molar refractivity (Wildman–Crippen MR) is 63.6 cm³/mol. The fraction of sp³-hybridized carbons (Fsp3) is 0.923. The first kappa shape index (κ1) is 12.5. The lowest BCUT2D eigenvalue weighted by molar-refractivity contribution is -0.136. The average molecular weight is 211 g/mol. The Morgan fingerprint density at radius 2 is 1.80 bits per heavy atom. The summed E-state index contributed by atoms with van der Waals surface area (Å²) in [5, 5.41) is 0. The molecule has 0 aromatic heterocycles. The first-order valence-electron chi connectivity index (χ1n) is 6.25. The lowest BCUT2D eigenvalue weighted by Crippen LogP contribution is -2.42. The maximum absolute atomic E-state index is 12.0. The van der Waals surface area contributed by atoms with E-state index in [1.165, 1.54) is 12.8 Å². The molecule has 0 aliphatic carbocycles. The summed E-state index contributed by atoms with van der Waals surface area (Å²) in [7, 11) is 0. The second-order valence-corrected chi connectivity index (χ2v) is 5.50. The molecule has 0 N–H and O–H groups in total. The van der Waals surface area contributed by atoms with E-state index in [1.54, 1.807) is 0 Å². The summed E-state index contributed by atoms with van der Waals surface area (Å²) >= 11 is 0. The smallest absolute Gasteiger partial charge is 0.225 e. The molecule has 1 aliphatic rings. The lowest BCUT2D eigenvalue weighted by atomic mass is 9.88. The molecule has 2 unspecified atom stereocenters. The summed E-state index contributed by atoms with van der Waals surface area (Å²) < 4.78 is 0. The van der Waals surface area contributed by atoms with Crippen LogP contribution in [0.15, 0.2) is 0 Å². The van der Waals surface area contributed by atoms with Gasteiger partial charge in [-0.1, -0.05) is 34.6 Å². The molecule has 1 aliphatic heterocycles. The molecule has 1 rings (SSSR count). The Balaban J connectivity index is 2.68. The highest BCUT2D eigenvalue weighted by Gasteiger charge is 2.34. The molecule has 1 heterocycles. The van der Waals surface area contributed by atoms with Crippen molar-refractivity contribution in [2.24, 2.45) is 17.8 Å². The monoisotopic (exact) mass is 211 g/mol. The summed E-state index contributed by atoms with van der Waals surface area (Å²) in [4.78, 5) is 14.1. The van der Waals surface area contributed by atoms with Gasteiger partial charge in [-0.2, -0.15) is 0 Å². The molecule has 1 fully saturated rings. The van der Waals surface area contributed by atoms with Crippen LogP contribution in [0.2, 0.25) is 0 Å². The van der Waals surface area contributed by atoms with Gasteiger partial charge in [0.15, 0.2) is 0 Å². The summed E-state index contributed by atoms with van der Waals surface area (Å²) in [5.41, 5.74) is 0. The third kappa shape index (κ3) is 2.73. The van der Waals surface area contributed by atoms with Crippen LogP contribution in [-0.2, 0) is 4.79 Å². The van der Waals surface area contributed by atoms with E-state index in [1.807, 2.05) is 13.8 Å². The standard InChI is InChI=1S/C13H25NO/c1-9(2)11(5)12-7-6-8-14(12)13(15)10(3)4/h9-12H,6-8H2,1-5H3. The van der Waals surface area contributed by atoms with E-state index in [2.05, 4.69) is 25.7 Å². The molecule has 0 radical (unpaired) electrons. The second-order valence-electron chi connectivity index (χ2n) is 5.50. The Kier molecular flexibility index (Phi) is 4.18. The molecule has 2 atom stereocenters. The van der Waals surface area contributed by atoms with Crippen molar-refractivity contribution in [1.29, 1.82) is 0 Å². The van der Waals surface area contributed by atoms with Crippen molar-refractivity contribution < 1.29 is 4.79 Å². The van der Waals surface area contributed by atoms with Crippen molar-refractivity contribution in [1.82, 2.24) is 4.90 Å². The number of carbonyl (C=O) groups excluding carboxylic acids is 1. The van der Waals surface area contributed by atoms with Crippen molar-refractivity contribution >= 4 is 5.91 Å². The quantitative estimate of drug-likeness (QED) is 0.703. The molecule has 1 saturated heterocycles. The van der Waals surface area contributed by atoms with Gasteiger partial charge in [0.1, 0.15) is 0 Å². The lowest BCUT2D eigenvalue weighted by Gasteiger charge is -2.32.